The lowest BCUT2D eigenvalue weighted by Gasteiger charge is -2.13. The molecule has 0 fully saturated rings. The van der Waals surface area contributed by atoms with Gasteiger partial charge in [0.2, 0.25) is 0 Å². The molecule has 3 nitrogen and oxygen atoms in total. The Morgan fingerprint density at radius 1 is 1.56 bits per heavy atom. The van der Waals surface area contributed by atoms with E-state index < -0.39 is 0 Å². The Morgan fingerprint density at radius 3 is 3.06 bits per heavy atom. The molecule has 1 rings (SSSR count). The van der Waals surface area contributed by atoms with E-state index in [1.807, 2.05) is 18.5 Å². The summed E-state index contributed by atoms with van der Waals surface area (Å²) in [4.78, 5) is 3.37. The van der Waals surface area contributed by atoms with Crippen LogP contribution in [-0.4, -0.2) is 25.0 Å². The minimum Gasteiger partial charge on any atom is -0.320 e. The molecular weight excluding hydrogens is 218 g/mol. The lowest BCUT2D eigenvalue weighted by Crippen LogP contribution is -2.18. The quantitative estimate of drug-likeness (QED) is 0.800. The van der Waals surface area contributed by atoms with Crippen LogP contribution >= 0.6 is 11.3 Å². The van der Waals surface area contributed by atoms with Gasteiger partial charge in [-0.1, -0.05) is 11.8 Å². The maximum absolute atomic E-state index is 8.50. The third kappa shape index (κ3) is 4.04. The molecule has 0 amide bonds. The van der Waals surface area contributed by atoms with E-state index in [1.165, 1.54) is 4.88 Å². The first kappa shape index (κ1) is 12.7. The molecule has 0 aliphatic carbocycles. The molecule has 4 heteroatoms. The number of hydrogen-bond acceptors (Lipinski definition) is 4. The summed E-state index contributed by atoms with van der Waals surface area (Å²) in [5.41, 5.74) is 6.40. The number of hydrogen-bond donors (Lipinski definition) is 1. The van der Waals surface area contributed by atoms with Gasteiger partial charge in [-0.05, 0) is 18.5 Å². The number of rotatable bonds is 4. The van der Waals surface area contributed by atoms with Gasteiger partial charge in [0.25, 0.3) is 0 Å². The molecule has 1 aromatic heterocycles. The Morgan fingerprint density at radius 2 is 2.38 bits per heavy atom. The molecule has 0 bridgehead atoms. The molecule has 0 spiro atoms. The van der Waals surface area contributed by atoms with Crippen molar-refractivity contribution < 1.29 is 0 Å². The van der Waals surface area contributed by atoms with Crippen molar-refractivity contribution in [2.24, 2.45) is 5.73 Å². The molecule has 1 heterocycles. The predicted molar refractivity (Wildman–Crippen MR) is 66.8 cm³/mol. The van der Waals surface area contributed by atoms with Gasteiger partial charge in [0, 0.05) is 30.0 Å². The van der Waals surface area contributed by atoms with Gasteiger partial charge >= 0.3 is 0 Å². The second-order valence-electron chi connectivity index (χ2n) is 3.41. The Kier molecular flexibility index (Phi) is 5.60. The van der Waals surface area contributed by atoms with E-state index in [0.717, 1.165) is 18.7 Å². The maximum Gasteiger partial charge on any atom is 0.0635 e. The monoisotopic (exact) mass is 233 g/mol. The van der Waals surface area contributed by atoms with Crippen LogP contribution in [0, 0.1) is 23.2 Å². The van der Waals surface area contributed by atoms with E-state index in [9.17, 15) is 0 Å². The van der Waals surface area contributed by atoms with Crippen LogP contribution in [0.4, 0.5) is 0 Å². The SMILES string of the molecule is CN(CCC#N)Cc1sccc1C#CCN. The smallest absolute Gasteiger partial charge is 0.0635 e. The fourth-order valence-electron chi connectivity index (χ4n) is 1.29. The van der Waals surface area contributed by atoms with E-state index in [2.05, 4.69) is 22.8 Å². The minimum atomic E-state index is 0.388. The maximum atomic E-state index is 8.50. The molecule has 0 aliphatic rings. The third-order valence-corrected chi connectivity index (χ3v) is 3.00. The van der Waals surface area contributed by atoms with Crippen LogP contribution in [0.1, 0.15) is 16.9 Å². The number of nitrogens with zero attached hydrogens (tertiary/aromatic N) is 2. The fourth-order valence-corrected chi connectivity index (χ4v) is 2.20. The van der Waals surface area contributed by atoms with E-state index in [1.54, 1.807) is 11.3 Å². The standard InChI is InChI=1S/C12H15N3S/c1-15(8-3-7-14)10-12-11(4-2-6-13)5-9-16-12/h5,9H,3,6,8,10,13H2,1H3. The van der Waals surface area contributed by atoms with E-state index in [0.29, 0.717) is 13.0 Å². The lowest BCUT2D eigenvalue weighted by molar-refractivity contribution is 0.337. The second-order valence-corrected chi connectivity index (χ2v) is 4.41. The lowest BCUT2D eigenvalue weighted by atomic mass is 10.2. The van der Waals surface area contributed by atoms with Crippen LogP contribution in [-0.2, 0) is 6.54 Å². The van der Waals surface area contributed by atoms with E-state index >= 15 is 0 Å². The van der Waals surface area contributed by atoms with Crippen molar-refractivity contribution in [3.05, 3.63) is 21.9 Å². The molecule has 0 radical (unpaired) electrons. The van der Waals surface area contributed by atoms with Crippen molar-refractivity contribution in [1.29, 1.82) is 5.26 Å². The van der Waals surface area contributed by atoms with Crippen molar-refractivity contribution in [3.63, 3.8) is 0 Å². The third-order valence-electron chi connectivity index (χ3n) is 2.09. The summed E-state index contributed by atoms with van der Waals surface area (Å²) >= 11 is 1.69. The minimum absolute atomic E-state index is 0.388. The van der Waals surface area contributed by atoms with Gasteiger partial charge in [0.1, 0.15) is 0 Å². The Balaban J connectivity index is 2.60. The molecule has 0 aromatic carbocycles. The first-order chi connectivity index (χ1) is 7.77. The van der Waals surface area contributed by atoms with Gasteiger partial charge in [-0.15, -0.1) is 11.3 Å². The van der Waals surface area contributed by atoms with Gasteiger partial charge in [0.15, 0.2) is 0 Å². The Labute approximate surface area is 100 Å². The highest BCUT2D eigenvalue weighted by Crippen LogP contribution is 2.17. The predicted octanol–water partition coefficient (Wildman–Crippen LogP) is 1.40. The summed E-state index contributed by atoms with van der Waals surface area (Å²) in [7, 11) is 2.01. The summed E-state index contributed by atoms with van der Waals surface area (Å²) in [6.07, 6.45) is 0.561. The Hall–Kier alpha value is -1.33. The number of nitriles is 1. The highest BCUT2D eigenvalue weighted by atomic mass is 32.1. The van der Waals surface area contributed by atoms with Crippen LogP contribution in [0.25, 0.3) is 0 Å². The van der Waals surface area contributed by atoms with E-state index in [-0.39, 0.29) is 0 Å². The largest absolute Gasteiger partial charge is 0.320 e. The van der Waals surface area contributed by atoms with Crippen molar-refractivity contribution in [1.82, 2.24) is 4.90 Å². The van der Waals surface area contributed by atoms with Gasteiger partial charge in [-0.3, -0.25) is 0 Å². The summed E-state index contributed by atoms with van der Waals surface area (Å²) in [6.45, 7) is 2.02. The van der Waals surface area contributed by atoms with Gasteiger partial charge in [-0.25, -0.2) is 0 Å². The summed E-state index contributed by atoms with van der Waals surface area (Å²) < 4.78 is 0. The normalized spacial score (nSPS) is 9.62. The molecule has 0 saturated carbocycles. The van der Waals surface area contributed by atoms with Crippen LogP contribution in [0.15, 0.2) is 11.4 Å². The summed E-state index contributed by atoms with van der Waals surface area (Å²) in [6, 6.07) is 4.16. The van der Waals surface area contributed by atoms with Crippen molar-refractivity contribution >= 4 is 11.3 Å². The van der Waals surface area contributed by atoms with Gasteiger partial charge in [0.05, 0.1) is 12.6 Å². The Bertz CT molecular complexity index is 419. The van der Waals surface area contributed by atoms with Crippen molar-refractivity contribution in [2.75, 3.05) is 20.1 Å². The number of nitrogens with two attached hydrogens (primary N) is 1. The fraction of sp³-hybridized carbons (Fsp3) is 0.417. The van der Waals surface area contributed by atoms with Gasteiger partial charge in [-0.2, -0.15) is 5.26 Å². The van der Waals surface area contributed by atoms with Crippen molar-refractivity contribution in [2.45, 2.75) is 13.0 Å². The zero-order valence-electron chi connectivity index (χ0n) is 9.36. The van der Waals surface area contributed by atoms with Crippen LogP contribution in [0.2, 0.25) is 0 Å². The van der Waals surface area contributed by atoms with Crippen LogP contribution in [0.5, 0.6) is 0 Å². The molecule has 0 saturated heterocycles. The van der Waals surface area contributed by atoms with Gasteiger partial charge < -0.3 is 10.6 Å². The highest BCUT2D eigenvalue weighted by molar-refractivity contribution is 7.10. The molecule has 84 valence electrons. The van der Waals surface area contributed by atoms with E-state index in [4.69, 9.17) is 11.0 Å². The highest BCUT2D eigenvalue weighted by Gasteiger charge is 2.05. The van der Waals surface area contributed by atoms with Crippen LogP contribution < -0.4 is 5.73 Å². The molecule has 1 aromatic rings. The number of thiophene rings is 1. The second kappa shape index (κ2) is 7.03. The summed E-state index contributed by atoms with van der Waals surface area (Å²) in [5, 5.41) is 10.5. The average Bonchev–Trinajstić information content (AvgIpc) is 2.71. The topological polar surface area (TPSA) is 53.0 Å². The molecule has 2 N–H and O–H groups in total. The van der Waals surface area contributed by atoms with Crippen LogP contribution in [0.3, 0.4) is 0 Å². The molecule has 0 atom stereocenters. The molecule has 0 aliphatic heterocycles. The van der Waals surface area contributed by atoms with Crippen molar-refractivity contribution in [3.8, 4) is 17.9 Å². The average molecular weight is 233 g/mol. The zero-order valence-corrected chi connectivity index (χ0v) is 10.2. The first-order valence-electron chi connectivity index (χ1n) is 5.08. The zero-order chi connectivity index (χ0) is 11.8. The summed E-state index contributed by atoms with van der Waals surface area (Å²) in [5.74, 6) is 5.92. The molecular formula is C12H15N3S. The molecule has 16 heavy (non-hydrogen) atoms. The molecule has 0 unspecified atom stereocenters. The first-order valence-corrected chi connectivity index (χ1v) is 5.96.